The summed E-state index contributed by atoms with van der Waals surface area (Å²) in [5.74, 6) is -2.10. The number of amides is 1. The molecule has 0 saturated heterocycles. The normalized spacial score (nSPS) is 11.9. The molecule has 0 unspecified atom stereocenters. The molecule has 0 aliphatic rings. The molecule has 1 N–H and O–H groups in total. The van der Waals surface area contributed by atoms with Crippen LogP contribution < -0.4 is 10.1 Å². The first-order valence-corrected chi connectivity index (χ1v) is 6.88. The van der Waals surface area contributed by atoms with E-state index >= 15 is 0 Å². The van der Waals surface area contributed by atoms with E-state index in [9.17, 15) is 26.7 Å². The van der Waals surface area contributed by atoms with Crippen LogP contribution in [0.25, 0.3) is 11.3 Å². The second-order valence-electron chi connectivity index (χ2n) is 5.01. The molecule has 1 aromatic heterocycles. The number of carbonyl (C=O) groups is 1. The second-order valence-corrected chi connectivity index (χ2v) is 5.01. The molecule has 2 aromatic rings. The maximum absolute atomic E-state index is 12.7. The minimum absolute atomic E-state index is 0.0318. The molecular weight excluding hydrogens is 349 g/mol. The van der Waals surface area contributed by atoms with Gasteiger partial charge in [-0.05, 0) is 24.3 Å². The lowest BCUT2D eigenvalue weighted by molar-refractivity contribution is -0.173. The first kappa shape index (κ1) is 18.6. The summed E-state index contributed by atoms with van der Waals surface area (Å²) in [7, 11) is 0. The summed E-state index contributed by atoms with van der Waals surface area (Å²) < 4.78 is 66.1. The van der Waals surface area contributed by atoms with Gasteiger partial charge < -0.3 is 10.1 Å². The van der Waals surface area contributed by atoms with Gasteiger partial charge in [-0.15, -0.1) is 0 Å². The van der Waals surface area contributed by atoms with E-state index in [1.165, 1.54) is 36.7 Å². The molecule has 1 amide bonds. The molecule has 1 aromatic carbocycles. The van der Waals surface area contributed by atoms with Gasteiger partial charge in [-0.1, -0.05) is 0 Å². The monoisotopic (exact) mass is 361 g/mol. The van der Waals surface area contributed by atoms with Crippen molar-refractivity contribution in [3.05, 3.63) is 42.4 Å². The van der Waals surface area contributed by atoms with E-state index in [1.807, 2.05) is 0 Å². The van der Waals surface area contributed by atoms with Gasteiger partial charge >= 0.3 is 18.2 Å². The topological polar surface area (TPSA) is 64.1 Å². The van der Waals surface area contributed by atoms with Crippen LogP contribution in [0.2, 0.25) is 0 Å². The molecule has 0 spiro atoms. The van der Waals surface area contributed by atoms with Crippen molar-refractivity contribution in [2.45, 2.75) is 25.8 Å². The highest BCUT2D eigenvalue weighted by atomic mass is 19.4. The maximum atomic E-state index is 12.7. The van der Waals surface area contributed by atoms with Crippen LogP contribution >= 0.6 is 0 Å². The van der Waals surface area contributed by atoms with Gasteiger partial charge in [0.05, 0.1) is 30.3 Å². The van der Waals surface area contributed by atoms with Crippen LogP contribution in [0.5, 0.6) is 5.75 Å². The SMILES string of the molecule is CC(F)(F)Oc1ccc(-c2cnc(CNC(=O)C(F)(F)F)cn2)cc1. The van der Waals surface area contributed by atoms with Crippen molar-refractivity contribution in [1.82, 2.24) is 15.3 Å². The van der Waals surface area contributed by atoms with Crippen molar-refractivity contribution >= 4 is 5.91 Å². The predicted molar refractivity (Wildman–Crippen MR) is 76.6 cm³/mol. The third-order valence-corrected chi connectivity index (χ3v) is 2.84. The number of halogens is 5. The van der Waals surface area contributed by atoms with Gasteiger partial charge in [-0.25, -0.2) is 0 Å². The van der Waals surface area contributed by atoms with Crippen LogP contribution in [-0.4, -0.2) is 28.2 Å². The lowest BCUT2D eigenvalue weighted by atomic mass is 10.1. The maximum Gasteiger partial charge on any atom is 0.471 e. The fraction of sp³-hybridized carbons (Fsp3) is 0.267. The number of nitrogens with zero attached hydrogens (tertiary/aromatic N) is 2. The van der Waals surface area contributed by atoms with Crippen LogP contribution in [0.1, 0.15) is 12.6 Å². The highest BCUT2D eigenvalue weighted by molar-refractivity contribution is 5.81. The summed E-state index contributed by atoms with van der Waals surface area (Å²) >= 11 is 0. The summed E-state index contributed by atoms with van der Waals surface area (Å²) in [4.78, 5) is 18.6. The highest BCUT2D eigenvalue weighted by Gasteiger charge is 2.38. The molecule has 0 fully saturated rings. The summed E-state index contributed by atoms with van der Waals surface area (Å²) in [5, 5.41) is 1.67. The molecule has 0 aliphatic heterocycles. The molecule has 0 saturated carbocycles. The number of benzene rings is 1. The highest BCUT2D eigenvalue weighted by Crippen LogP contribution is 2.24. The number of carbonyl (C=O) groups excluding carboxylic acids is 1. The van der Waals surface area contributed by atoms with Crippen molar-refractivity contribution in [3.8, 4) is 17.0 Å². The Balaban J connectivity index is 2.01. The van der Waals surface area contributed by atoms with Crippen molar-refractivity contribution in [3.63, 3.8) is 0 Å². The van der Waals surface area contributed by atoms with E-state index in [4.69, 9.17) is 0 Å². The van der Waals surface area contributed by atoms with E-state index in [0.717, 1.165) is 0 Å². The molecule has 25 heavy (non-hydrogen) atoms. The van der Waals surface area contributed by atoms with Crippen LogP contribution in [-0.2, 0) is 11.3 Å². The molecule has 0 aliphatic carbocycles. The van der Waals surface area contributed by atoms with Crippen LogP contribution in [0.15, 0.2) is 36.7 Å². The zero-order valence-corrected chi connectivity index (χ0v) is 12.8. The van der Waals surface area contributed by atoms with Crippen molar-refractivity contribution in [2.24, 2.45) is 0 Å². The van der Waals surface area contributed by atoms with Gasteiger partial charge in [0.15, 0.2) is 0 Å². The molecule has 10 heteroatoms. The standard InChI is InChI=1S/C15H12F5N3O2/c1-14(16,17)25-11-4-2-9(3-5-11)12-8-21-10(6-22-12)7-23-13(24)15(18,19)20/h2-6,8H,7H2,1H3,(H,23,24). The predicted octanol–water partition coefficient (Wildman–Crippen LogP) is 3.31. The molecule has 0 radical (unpaired) electrons. The number of hydrogen-bond acceptors (Lipinski definition) is 4. The summed E-state index contributed by atoms with van der Waals surface area (Å²) in [6, 6.07) is 5.62. The zero-order valence-electron chi connectivity index (χ0n) is 12.8. The van der Waals surface area contributed by atoms with Crippen molar-refractivity contribution < 1.29 is 31.5 Å². The number of ether oxygens (including phenoxy) is 1. The van der Waals surface area contributed by atoms with E-state index in [1.54, 1.807) is 5.32 Å². The number of hydrogen-bond donors (Lipinski definition) is 1. The summed E-state index contributed by atoms with van der Waals surface area (Å²) in [6.07, 6.45) is -5.77. The number of alkyl halides is 5. The van der Waals surface area contributed by atoms with Crippen molar-refractivity contribution in [2.75, 3.05) is 0 Å². The average molecular weight is 361 g/mol. The van der Waals surface area contributed by atoms with E-state index in [-0.39, 0.29) is 11.4 Å². The Morgan fingerprint density at radius 1 is 1.08 bits per heavy atom. The van der Waals surface area contributed by atoms with E-state index in [0.29, 0.717) is 18.2 Å². The zero-order chi connectivity index (χ0) is 18.7. The van der Waals surface area contributed by atoms with Gasteiger partial charge in [0.1, 0.15) is 5.75 Å². The summed E-state index contributed by atoms with van der Waals surface area (Å²) in [6.45, 7) is 0.187. The van der Waals surface area contributed by atoms with Crippen molar-refractivity contribution in [1.29, 1.82) is 0 Å². The van der Waals surface area contributed by atoms with Crippen LogP contribution in [0.3, 0.4) is 0 Å². The molecule has 0 bridgehead atoms. The van der Waals surface area contributed by atoms with E-state index in [2.05, 4.69) is 14.7 Å². The number of aromatic nitrogens is 2. The third-order valence-electron chi connectivity index (χ3n) is 2.84. The smallest absolute Gasteiger partial charge is 0.433 e. The first-order valence-electron chi connectivity index (χ1n) is 6.88. The first-order chi connectivity index (χ1) is 11.5. The quantitative estimate of drug-likeness (QED) is 0.830. The fourth-order valence-corrected chi connectivity index (χ4v) is 1.77. The Morgan fingerprint density at radius 3 is 2.20 bits per heavy atom. The number of rotatable bonds is 5. The largest absolute Gasteiger partial charge is 0.471 e. The molecular formula is C15H12F5N3O2. The lowest BCUT2D eigenvalue weighted by Crippen LogP contribution is -2.36. The molecule has 0 atom stereocenters. The Hall–Kier alpha value is -2.78. The van der Waals surface area contributed by atoms with Crippen LogP contribution in [0.4, 0.5) is 22.0 Å². The minimum Gasteiger partial charge on any atom is -0.433 e. The third kappa shape index (κ3) is 5.66. The second kappa shape index (κ2) is 6.99. The molecule has 134 valence electrons. The van der Waals surface area contributed by atoms with Gasteiger partial charge in [0.2, 0.25) is 0 Å². The fourth-order valence-electron chi connectivity index (χ4n) is 1.77. The van der Waals surface area contributed by atoms with Crippen LogP contribution in [0, 0.1) is 0 Å². The Bertz CT molecular complexity index is 725. The Morgan fingerprint density at radius 2 is 1.72 bits per heavy atom. The van der Waals surface area contributed by atoms with Gasteiger partial charge in [0.25, 0.3) is 0 Å². The van der Waals surface area contributed by atoms with Gasteiger partial charge in [0, 0.05) is 12.5 Å². The number of nitrogens with one attached hydrogen (secondary N) is 1. The van der Waals surface area contributed by atoms with E-state index < -0.39 is 24.7 Å². The van der Waals surface area contributed by atoms with Gasteiger partial charge in [-0.2, -0.15) is 22.0 Å². The Kier molecular flexibility index (Phi) is 5.19. The minimum atomic E-state index is -4.97. The van der Waals surface area contributed by atoms with Gasteiger partial charge in [-0.3, -0.25) is 14.8 Å². The Labute approximate surface area is 138 Å². The molecule has 2 rings (SSSR count). The molecule has 1 heterocycles. The lowest BCUT2D eigenvalue weighted by Gasteiger charge is -2.13. The molecule has 5 nitrogen and oxygen atoms in total. The summed E-state index contributed by atoms with van der Waals surface area (Å²) in [5.41, 5.74) is 1.05. The average Bonchev–Trinajstić information content (AvgIpc) is 2.51.